The van der Waals surface area contributed by atoms with Crippen LogP contribution in [0.1, 0.15) is 18.1 Å². The predicted octanol–water partition coefficient (Wildman–Crippen LogP) is 4.18. The van der Waals surface area contributed by atoms with Gasteiger partial charge in [0.05, 0.1) is 12.4 Å². The van der Waals surface area contributed by atoms with E-state index < -0.39 is 0 Å². The average molecular weight is 379 g/mol. The van der Waals surface area contributed by atoms with Gasteiger partial charge in [0.15, 0.2) is 5.16 Å². The summed E-state index contributed by atoms with van der Waals surface area (Å²) in [4.78, 5) is 0. The summed E-state index contributed by atoms with van der Waals surface area (Å²) < 4.78 is 13.0. The second-order valence-corrected chi connectivity index (χ2v) is 7.06. The second-order valence-electron chi connectivity index (χ2n) is 5.75. The molecule has 27 heavy (non-hydrogen) atoms. The molecule has 0 bridgehead atoms. The van der Waals surface area contributed by atoms with Gasteiger partial charge in [0, 0.05) is 11.3 Å². The lowest BCUT2D eigenvalue weighted by Gasteiger charge is -2.08. The van der Waals surface area contributed by atoms with Gasteiger partial charge in [0.2, 0.25) is 11.8 Å². The lowest BCUT2D eigenvalue weighted by molar-refractivity contribution is 0.415. The standard InChI is InChI=1S/C19H17N5O2S/c1-13(27-19-23-20-12-24(19)15-6-4-3-5-7-15)17-21-22-18(26-17)14-8-10-16(25-2)11-9-14/h3-13H,1-2H3/t13-/m1/s1. The number of para-hydroxylation sites is 1. The molecule has 0 N–H and O–H groups in total. The van der Waals surface area contributed by atoms with Crippen molar-refractivity contribution in [3.63, 3.8) is 0 Å². The highest BCUT2D eigenvalue weighted by Crippen LogP contribution is 2.35. The molecule has 2 aromatic heterocycles. The first kappa shape index (κ1) is 17.3. The van der Waals surface area contributed by atoms with Gasteiger partial charge < -0.3 is 9.15 Å². The van der Waals surface area contributed by atoms with Gasteiger partial charge in [-0.25, -0.2) is 0 Å². The number of rotatable bonds is 6. The maximum Gasteiger partial charge on any atom is 0.247 e. The van der Waals surface area contributed by atoms with Gasteiger partial charge in [-0.05, 0) is 43.3 Å². The fourth-order valence-electron chi connectivity index (χ4n) is 2.53. The van der Waals surface area contributed by atoms with Gasteiger partial charge in [0.1, 0.15) is 12.1 Å². The van der Waals surface area contributed by atoms with Crippen LogP contribution >= 0.6 is 11.8 Å². The molecule has 0 radical (unpaired) electrons. The van der Waals surface area contributed by atoms with Crippen molar-refractivity contribution in [3.8, 4) is 22.9 Å². The van der Waals surface area contributed by atoms with E-state index in [-0.39, 0.29) is 5.25 Å². The van der Waals surface area contributed by atoms with E-state index in [1.54, 1.807) is 13.4 Å². The van der Waals surface area contributed by atoms with E-state index in [1.807, 2.05) is 66.1 Å². The highest BCUT2D eigenvalue weighted by Gasteiger charge is 2.19. The molecule has 7 nitrogen and oxygen atoms in total. The average Bonchev–Trinajstić information content (AvgIpc) is 3.38. The molecular weight excluding hydrogens is 362 g/mol. The maximum atomic E-state index is 5.86. The molecule has 0 saturated heterocycles. The molecule has 0 amide bonds. The summed E-state index contributed by atoms with van der Waals surface area (Å²) in [6.45, 7) is 2.00. The van der Waals surface area contributed by atoms with Crippen LogP contribution < -0.4 is 4.74 Å². The Morgan fingerprint density at radius 3 is 2.52 bits per heavy atom. The van der Waals surface area contributed by atoms with Gasteiger partial charge in [-0.2, -0.15) is 0 Å². The number of ether oxygens (including phenoxy) is 1. The summed E-state index contributed by atoms with van der Waals surface area (Å²) in [5, 5.41) is 17.3. The molecule has 8 heteroatoms. The van der Waals surface area contributed by atoms with Gasteiger partial charge in [-0.3, -0.25) is 4.57 Å². The summed E-state index contributed by atoms with van der Waals surface area (Å²) in [5.41, 5.74) is 1.85. The molecule has 0 fully saturated rings. The van der Waals surface area contributed by atoms with E-state index in [2.05, 4.69) is 20.4 Å². The normalized spacial score (nSPS) is 12.1. The van der Waals surface area contributed by atoms with Crippen LogP contribution in [0.2, 0.25) is 0 Å². The van der Waals surface area contributed by atoms with Crippen LogP contribution in [0, 0.1) is 0 Å². The topological polar surface area (TPSA) is 78.9 Å². The van der Waals surface area contributed by atoms with E-state index in [4.69, 9.17) is 9.15 Å². The minimum absolute atomic E-state index is 0.0730. The van der Waals surface area contributed by atoms with Crippen LogP contribution in [-0.4, -0.2) is 32.1 Å². The quantitative estimate of drug-likeness (QED) is 0.465. The van der Waals surface area contributed by atoms with E-state index >= 15 is 0 Å². The van der Waals surface area contributed by atoms with Crippen molar-refractivity contribution in [3.05, 3.63) is 66.8 Å². The summed E-state index contributed by atoms with van der Waals surface area (Å²) in [7, 11) is 1.63. The molecule has 2 aromatic carbocycles. The Morgan fingerprint density at radius 2 is 1.78 bits per heavy atom. The van der Waals surface area contributed by atoms with Crippen LogP contribution in [0.25, 0.3) is 17.1 Å². The first-order valence-electron chi connectivity index (χ1n) is 8.34. The molecule has 0 unspecified atom stereocenters. The van der Waals surface area contributed by atoms with Crippen LogP contribution in [0.3, 0.4) is 0 Å². The van der Waals surface area contributed by atoms with E-state index in [9.17, 15) is 0 Å². The smallest absolute Gasteiger partial charge is 0.247 e. The SMILES string of the molecule is COc1ccc(-c2nnc([C@@H](C)Sc3nncn3-c3ccccc3)o2)cc1. The Kier molecular flexibility index (Phi) is 4.88. The van der Waals surface area contributed by atoms with Gasteiger partial charge >= 0.3 is 0 Å². The van der Waals surface area contributed by atoms with Crippen molar-refractivity contribution < 1.29 is 9.15 Å². The summed E-state index contributed by atoms with van der Waals surface area (Å²) in [6, 6.07) is 17.4. The van der Waals surface area contributed by atoms with Gasteiger partial charge in [-0.1, -0.05) is 30.0 Å². The molecule has 4 aromatic rings. The highest BCUT2D eigenvalue weighted by atomic mass is 32.2. The first-order chi connectivity index (χ1) is 13.2. The molecule has 0 spiro atoms. The number of benzene rings is 2. The number of nitrogens with zero attached hydrogens (tertiary/aromatic N) is 5. The number of methoxy groups -OCH3 is 1. The monoisotopic (exact) mass is 379 g/mol. The number of thioether (sulfide) groups is 1. The van der Waals surface area contributed by atoms with Crippen LogP contribution in [-0.2, 0) is 0 Å². The van der Waals surface area contributed by atoms with Crippen molar-refractivity contribution >= 4 is 11.8 Å². The van der Waals surface area contributed by atoms with E-state index in [0.717, 1.165) is 22.2 Å². The van der Waals surface area contributed by atoms with E-state index in [0.29, 0.717) is 11.8 Å². The van der Waals surface area contributed by atoms with Crippen LogP contribution in [0.4, 0.5) is 0 Å². The maximum absolute atomic E-state index is 5.86. The van der Waals surface area contributed by atoms with Crippen molar-refractivity contribution in [2.45, 2.75) is 17.3 Å². The summed E-state index contributed by atoms with van der Waals surface area (Å²) >= 11 is 1.51. The highest BCUT2D eigenvalue weighted by molar-refractivity contribution is 7.99. The Morgan fingerprint density at radius 1 is 1.00 bits per heavy atom. The summed E-state index contributed by atoms with van der Waals surface area (Å²) in [5.74, 6) is 1.79. The molecule has 0 saturated carbocycles. The Balaban J connectivity index is 1.52. The minimum Gasteiger partial charge on any atom is -0.497 e. The van der Waals surface area contributed by atoms with Crippen LogP contribution in [0.5, 0.6) is 5.75 Å². The fourth-order valence-corrected chi connectivity index (χ4v) is 3.40. The fraction of sp³-hybridized carbons (Fsp3) is 0.158. The predicted molar refractivity (Wildman–Crippen MR) is 102 cm³/mol. The number of aromatic nitrogens is 5. The lowest BCUT2D eigenvalue weighted by Crippen LogP contribution is -1.97. The van der Waals surface area contributed by atoms with Crippen molar-refractivity contribution in [1.29, 1.82) is 0 Å². The largest absolute Gasteiger partial charge is 0.497 e. The zero-order valence-electron chi connectivity index (χ0n) is 14.8. The molecular formula is C19H17N5O2S. The molecule has 0 aliphatic carbocycles. The summed E-state index contributed by atoms with van der Waals surface area (Å²) in [6.07, 6.45) is 1.70. The van der Waals surface area contributed by atoms with E-state index in [1.165, 1.54) is 11.8 Å². The number of hydrogen-bond donors (Lipinski definition) is 0. The lowest BCUT2D eigenvalue weighted by atomic mass is 10.2. The molecule has 4 rings (SSSR count). The van der Waals surface area contributed by atoms with Gasteiger partial charge in [0.25, 0.3) is 0 Å². The molecule has 2 heterocycles. The Hall–Kier alpha value is -3.13. The molecule has 0 aliphatic rings. The minimum atomic E-state index is -0.0730. The zero-order chi connectivity index (χ0) is 18.6. The van der Waals surface area contributed by atoms with Crippen LogP contribution in [0.15, 0.2) is 70.5 Å². The molecule has 1 atom stereocenters. The molecule has 0 aliphatic heterocycles. The number of hydrogen-bond acceptors (Lipinski definition) is 7. The first-order valence-corrected chi connectivity index (χ1v) is 9.22. The Labute approximate surface area is 160 Å². The third-order valence-electron chi connectivity index (χ3n) is 3.96. The third kappa shape index (κ3) is 3.70. The second kappa shape index (κ2) is 7.63. The van der Waals surface area contributed by atoms with Crippen molar-refractivity contribution in [2.24, 2.45) is 0 Å². The Bertz CT molecular complexity index is 1010. The molecule has 136 valence electrons. The van der Waals surface area contributed by atoms with Crippen molar-refractivity contribution in [1.82, 2.24) is 25.0 Å². The van der Waals surface area contributed by atoms with Gasteiger partial charge in [-0.15, -0.1) is 20.4 Å². The zero-order valence-corrected chi connectivity index (χ0v) is 15.6. The third-order valence-corrected chi connectivity index (χ3v) is 5.00. The van der Waals surface area contributed by atoms with Crippen molar-refractivity contribution in [2.75, 3.05) is 7.11 Å².